The summed E-state index contributed by atoms with van der Waals surface area (Å²) in [7, 11) is 0. The van der Waals surface area contributed by atoms with E-state index in [9.17, 15) is 14.7 Å². The minimum atomic E-state index is -1.22. The third-order valence-corrected chi connectivity index (χ3v) is 4.92. The molecule has 1 fully saturated rings. The molecule has 3 rings (SSSR count). The number of aliphatic hydroxyl groups is 1. The zero-order valence-corrected chi connectivity index (χ0v) is 14.1. The first-order valence-electron chi connectivity index (χ1n) is 8.18. The lowest BCUT2D eigenvalue weighted by Gasteiger charge is -2.38. The van der Waals surface area contributed by atoms with Crippen LogP contribution in [0.15, 0.2) is 18.2 Å². The van der Waals surface area contributed by atoms with Crippen molar-refractivity contribution in [3.8, 4) is 0 Å². The van der Waals surface area contributed by atoms with E-state index in [2.05, 4.69) is 4.98 Å². The summed E-state index contributed by atoms with van der Waals surface area (Å²) in [4.78, 5) is 28.7. The zero-order valence-electron chi connectivity index (χ0n) is 14.1. The number of fused-ring (bicyclic) bond motifs is 1. The number of carbonyl (C=O) groups excluding carboxylic acids is 2. The Balaban J connectivity index is 1.86. The number of aromatic nitrogens is 1. The van der Waals surface area contributed by atoms with Crippen LogP contribution in [-0.2, 0) is 4.79 Å². The number of H-pyrrole nitrogens is 1. The molecule has 1 aromatic heterocycles. The minimum absolute atomic E-state index is 0.123. The van der Waals surface area contributed by atoms with Crippen LogP contribution < -0.4 is 5.73 Å². The van der Waals surface area contributed by atoms with Crippen molar-refractivity contribution in [3.63, 3.8) is 0 Å². The Hall–Kier alpha value is -2.34. The van der Waals surface area contributed by atoms with E-state index in [-0.39, 0.29) is 18.9 Å². The summed E-state index contributed by atoms with van der Waals surface area (Å²) in [6.45, 7) is 4.76. The highest BCUT2D eigenvalue weighted by atomic mass is 16.3. The molecule has 6 heteroatoms. The molecule has 0 radical (unpaired) electrons. The number of piperidine rings is 1. The van der Waals surface area contributed by atoms with Crippen LogP contribution in [0.1, 0.15) is 40.9 Å². The Morgan fingerprint density at radius 1 is 1.38 bits per heavy atom. The first-order chi connectivity index (χ1) is 11.3. The first kappa shape index (κ1) is 16.5. The van der Waals surface area contributed by atoms with Crippen molar-refractivity contribution < 1.29 is 14.7 Å². The number of primary amides is 1. The van der Waals surface area contributed by atoms with Gasteiger partial charge in [0.1, 0.15) is 5.69 Å². The minimum Gasteiger partial charge on any atom is -0.388 e. The standard InChI is InChI=1S/C18H23N3O3/c1-11-4-5-14-13(12(11)2)8-15(20-14)17(23)21-7-3-6-18(24,10-21)9-16(19)22/h4-5,8,20,24H,3,6-7,9-10H2,1-2H3,(H2,19,22). The summed E-state index contributed by atoms with van der Waals surface area (Å²) in [6.07, 6.45) is 1.00. The van der Waals surface area contributed by atoms with Gasteiger partial charge in [0, 0.05) is 17.4 Å². The number of benzene rings is 1. The second kappa shape index (κ2) is 5.94. The van der Waals surface area contributed by atoms with Crippen LogP contribution in [0.25, 0.3) is 10.9 Å². The molecule has 0 aliphatic carbocycles. The van der Waals surface area contributed by atoms with Gasteiger partial charge >= 0.3 is 0 Å². The lowest BCUT2D eigenvalue weighted by molar-refractivity contribution is -0.125. The highest BCUT2D eigenvalue weighted by molar-refractivity contribution is 5.99. The van der Waals surface area contributed by atoms with Crippen molar-refractivity contribution in [3.05, 3.63) is 35.0 Å². The summed E-state index contributed by atoms with van der Waals surface area (Å²) in [5.74, 6) is -0.714. The van der Waals surface area contributed by atoms with Gasteiger partial charge in [-0.3, -0.25) is 9.59 Å². The van der Waals surface area contributed by atoms with Crippen LogP contribution in [0.5, 0.6) is 0 Å². The van der Waals surface area contributed by atoms with E-state index in [0.717, 1.165) is 16.5 Å². The number of aryl methyl sites for hydroxylation is 2. The SMILES string of the molecule is Cc1ccc2[nH]c(C(=O)N3CCCC(O)(CC(N)=O)C3)cc2c1C. The molecule has 24 heavy (non-hydrogen) atoms. The third kappa shape index (κ3) is 3.01. The molecule has 1 aliphatic heterocycles. The number of nitrogens with two attached hydrogens (primary N) is 1. The number of β-amino-alcohol motifs (C(OH)–C–C–N with tert-alkyl or cyclic N) is 1. The van der Waals surface area contributed by atoms with Crippen molar-refractivity contribution in [2.75, 3.05) is 13.1 Å². The van der Waals surface area contributed by atoms with E-state index < -0.39 is 11.5 Å². The van der Waals surface area contributed by atoms with E-state index in [0.29, 0.717) is 25.1 Å². The molecule has 1 atom stereocenters. The Bertz CT molecular complexity index is 811. The molecule has 2 aromatic rings. The van der Waals surface area contributed by atoms with E-state index in [1.54, 1.807) is 4.90 Å². The number of hydrogen-bond acceptors (Lipinski definition) is 3. The van der Waals surface area contributed by atoms with Gasteiger partial charge < -0.3 is 20.7 Å². The average Bonchev–Trinajstić information content (AvgIpc) is 2.94. The van der Waals surface area contributed by atoms with Crippen LogP contribution in [-0.4, -0.2) is 45.5 Å². The van der Waals surface area contributed by atoms with Gasteiger partial charge in [-0.15, -0.1) is 0 Å². The highest BCUT2D eigenvalue weighted by Crippen LogP contribution is 2.27. The maximum atomic E-state index is 12.8. The van der Waals surface area contributed by atoms with E-state index in [4.69, 9.17) is 5.73 Å². The number of nitrogens with zero attached hydrogens (tertiary/aromatic N) is 1. The van der Waals surface area contributed by atoms with Crippen molar-refractivity contribution in [2.45, 2.75) is 38.7 Å². The maximum absolute atomic E-state index is 12.8. The van der Waals surface area contributed by atoms with Crippen molar-refractivity contribution in [1.29, 1.82) is 0 Å². The molecular weight excluding hydrogens is 306 g/mol. The predicted molar refractivity (Wildman–Crippen MR) is 91.7 cm³/mol. The summed E-state index contributed by atoms with van der Waals surface area (Å²) in [6, 6.07) is 5.85. The van der Waals surface area contributed by atoms with Crippen LogP contribution in [0.4, 0.5) is 0 Å². The van der Waals surface area contributed by atoms with Crippen LogP contribution in [0.3, 0.4) is 0 Å². The van der Waals surface area contributed by atoms with Crippen LogP contribution in [0, 0.1) is 13.8 Å². The van der Waals surface area contributed by atoms with Crippen molar-refractivity contribution in [1.82, 2.24) is 9.88 Å². The molecule has 0 bridgehead atoms. The monoisotopic (exact) mass is 329 g/mol. The number of aromatic amines is 1. The molecule has 0 spiro atoms. The molecule has 4 N–H and O–H groups in total. The molecular formula is C18H23N3O3. The molecule has 1 unspecified atom stereocenters. The topological polar surface area (TPSA) is 99.4 Å². The lowest BCUT2D eigenvalue weighted by atomic mass is 9.89. The van der Waals surface area contributed by atoms with Crippen LogP contribution in [0.2, 0.25) is 0 Å². The molecule has 2 heterocycles. The molecule has 1 saturated heterocycles. The van der Waals surface area contributed by atoms with Gasteiger partial charge in [0.15, 0.2) is 0 Å². The fourth-order valence-electron chi connectivity index (χ4n) is 3.50. The Morgan fingerprint density at radius 3 is 2.83 bits per heavy atom. The molecule has 6 nitrogen and oxygen atoms in total. The van der Waals surface area contributed by atoms with E-state index >= 15 is 0 Å². The van der Waals surface area contributed by atoms with Gasteiger partial charge in [-0.25, -0.2) is 0 Å². The smallest absolute Gasteiger partial charge is 0.270 e. The van der Waals surface area contributed by atoms with Crippen molar-refractivity contribution >= 4 is 22.7 Å². The Kier molecular flexibility index (Phi) is 4.09. The number of carbonyl (C=O) groups is 2. The fraction of sp³-hybridized carbons (Fsp3) is 0.444. The third-order valence-electron chi connectivity index (χ3n) is 4.92. The van der Waals surface area contributed by atoms with E-state index in [1.807, 2.05) is 32.0 Å². The highest BCUT2D eigenvalue weighted by Gasteiger charge is 2.37. The molecule has 2 amide bonds. The van der Waals surface area contributed by atoms with Gasteiger partial charge in [0.25, 0.3) is 5.91 Å². The zero-order chi connectivity index (χ0) is 17.5. The molecule has 128 valence electrons. The van der Waals surface area contributed by atoms with Gasteiger partial charge in [-0.05, 0) is 49.9 Å². The van der Waals surface area contributed by atoms with Crippen molar-refractivity contribution in [2.24, 2.45) is 5.73 Å². The Morgan fingerprint density at radius 2 is 2.12 bits per heavy atom. The number of amides is 2. The van der Waals surface area contributed by atoms with Gasteiger partial charge in [-0.1, -0.05) is 6.07 Å². The molecule has 0 saturated carbocycles. The van der Waals surface area contributed by atoms with Gasteiger partial charge in [0.2, 0.25) is 5.91 Å². The second-order valence-corrected chi connectivity index (χ2v) is 6.85. The van der Waals surface area contributed by atoms with E-state index in [1.165, 1.54) is 5.56 Å². The molecule has 1 aliphatic rings. The Labute approximate surface area is 140 Å². The largest absolute Gasteiger partial charge is 0.388 e. The number of nitrogens with one attached hydrogen (secondary N) is 1. The molecule has 1 aromatic carbocycles. The number of likely N-dealkylation sites (tertiary alicyclic amines) is 1. The predicted octanol–water partition coefficient (Wildman–Crippen LogP) is 1.63. The summed E-state index contributed by atoms with van der Waals surface area (Å²) < 4.78 is 0. The summed E-state index contributed by atoms with van der Waals surface area (Å²) in [5.41, 5.74) is 7.73. The lowest BCUT2D eigenvalue weighted by Crippen LogP contribution is -2.51. The van der Waals surface area contributed by atoms with Crippen LogP contribution >= 0.6 is 0 Å². The number of hydrogen-bond donors (Lipinski definition) is 3. The second-order valence-electron chi connectivity index (χ2n) is 6.85. The quantitative estimate of drug-likeness (QED) is 0.798. The first-order valence-corrected chi connectivity index (χ1v) is 8.18. The maximum Gasteiger partial charge on any atom is 0.270 e. The normalized spacial score (nSPS) is 21.2. The average molecular weight is 329 g/mol. The van der Waals surface area contributed by atoms with Gasteiger partial charge in [0.05, 0.1) is 18.6 Å². The summed E-state index contributed by atoms with van der Waals surface area (Å²) >= 11 is 0. The fourth-order valence-corrected chi connectivity index (χ4v) is 3.50. The van der Waals surface area contributed by atoms with Gasteiger partial charge in [-0.2, -0.15) is 0 Å². The number of rotatable bonds is 3. The summed E-state index contributed by atoms with van der Waals surface area (Å²) in [5, 5.41) is 11.6.